The Balaban J connectivity index is 1.78. The quantitative estimate of drug-likeness (QED) is 0.714. The van der Waals surface area contributed by atoms with Gasteiger partial charge in [-0.2, -0.15) is 0 Å². The SMILES string of the molecule is C1CCC(N2CCCC2)(N2CCOCC2)[N]C1. The van der Waals surface area contributed by atoms with Crippen molar-refractivity contribution in [1.82, 2.24) is 15.1 Å². The molecule has 0 aliphatic carbocycles. The van der Waals surface area contributed by atoms with E-state index in [2.05, 4.69) is 9.80 Å². The van der Waals surface area contributed by atoms with Crippen LogP contribution in [-0.2, 0) is 4.74 Å². The molecule has 0 bridgehead atoms. The first-order valence-corrected chi connectivity index (χ1v) is 7.18. The predicted molar refractivity (Wildman–Crippen MR) is 66.8 cm³/mol. The lowest BCUT2D eigenvalue weighted by Gasteiger charge is -2.52. The maximum atomic E-state index is 5.50. The number of likely N-dealkylation sites (tertiary alicyclic amines) is 1. The number of hydrogen-bond donors (Lipinski definition) is 0. The summed E-state index contributed by atoms with van der Waals surface area (Å²) < 4.78 is 5.50. The molecular formula is C13H24N3O. The molecule has 3 aliphatic rings. The average molecular weight is 238 g/mol. The van der Waals surface area contributed by atoms with Crippen LogP contribution in [0.4, 0.5) is 0 Å². The Morgan fingerprint density at radius 1 is 0.824 bits per heavy atom. The van der Waals surface area contributed by atoms with Crippen LogP contribution in [0.3, 0.4) is 0 Å². The lowest BCUT2D eigenvalue weighted by molar-refractivity contribution is -0.129. The molecule has 97 valence electrons. The fourth-order valence-electron chi connectivity index (χ4n) is 3.52. The second-order valence-electron chi connectivity index (χ2n) is 5.41. The largest absolute Gasteiger partial charge is 0.379 e. The van der Waals surface area contributed by atoms with Gasteiger partial charge in [0.1, 0.15) is 5.79 Å². The van der Waals surface area contributed by atoms with E-state index < -0.39 is 0 Å². The molecule has 0 N–H and O–H groups in total. The third kappa shape index (κ3) is 2.24. The second kappa shape index (κ2) is 5.22. The number of ether oxygens (including phenoxy) is 1. The zero-order valence-corrected chi connectivity index (χ0v) is 10.7. The van der Waals surface area contributed by atoms with Crippen molar-refractivity contribution in [3.8, 4) is 0 Å². The van der Waals surface area contributed by atoms with Gasteiger partial charge >= 0.3 is 0 Å². The van der Waals surface area contributed by atoms with Gasteiger partial charge in [-0.3, -0.25) is 9.80 Å². The monoisotopic (exact) mass is 238 g/mol. The maximum Gasteiger partial charge on any atom is 0.144 e. The van der Waals surface area contributed by atoms with Crippen molar-refractivity contribution in [2.24, 2.45) is 0 Å². The summed E-state index contributed by atoms with van der Waals surface area (Å²) in [5.41, 5.74) is 0. The lowest BCUT2D eigenvalue weighted by atomic mass is 10.0. The van der Waals surface area contributed by atoms with Crippen LogP contribution in [0.5, 0.6) is 0 Å². The van der Waals surface area contributed by atoms with E-state index in [4.69, 9.17) is 10.1 Å². The zero-order chi connectivity index (χ0) is 11.6. The minimum absolute atomic E-state index is 0.0402. The molecule has 3 aliphatic heterocycles. The molecular weight excluding hydrogens is 214 g/mol. The van der Waals surface area contributed by atoms with Crippen LogP contribution < -0.4 is 5.32 Å². The third-order valence-corrected chi connectivity index (χ3v) is 4.42. The van der Waals surface area contributed by atoms with Crippen molar-refractivity contribution in [1.29, 1.82) is 0 Å². The van der Waals surface area contributed by atoms with Crippen molar-refractivity contribution < 1.29 is 4.74 Å². The Morgan fingerprint density at radius 3 is 2.18 bits per heavy atom. The summed E-state index contributed by atoms with van der Waals surface area (Å²) in [6, 6.07) is 0. The summed E-state index contributed by atoms with van der Waals surface area (Å²) in [6.07, 6.45) is 6.54. The standard InChI is InChI=1S/C13H24N3O/c1-2-6-14-13(5-1,15-7-3-4-8-15)16-9-11-17-12-10-16/h1-12H2. The smallest absolute Gasteiger partial charge is 0.144 e. The molecule has 3 saturated heterocycles. The van der Waals surface area contributed by atoms with Gasteiger partial charge in [-0.15, -0.1) is 0 Å². The Kier molecular flexibility index (Phi) is 3.66. The molecule has 1 unspecified atom stereocenters. The first-order chi connectivity index (χ1) is 8.42. The molecule has 3 heterocycles. The summed E-state index contributed by atoms with van der Waals surface area (Å²) in [5.74, 6) is 0.0402. The number of nitrogens with zero attached hydrogens (tertiary/aromatic N) is 3. The predicted octanol–water partition coefficient (Wildman–Crippen LogP) is 0.857. The van der Waals surface area contributed by atoms with Crippen LogP contribution in [0, 0.1) is 0 Å². The first kappa shape index (κ1) is 11.9. The van der Waals surface area contributed by atoms with E-state index in [9.17, 15) is 0 Å². The molecule has 0 aromatic heterocycles. The van der Waals surface area contributed by atoms with Gasteiger partial charge in [-0.05, 0) is 32.1 Å². The van der Waals surface area contributed by atoms with Gasteiger partial charge in [0.15, 0.2) is 0 Å². The normalized spacial score (nSPS) is 37.4. The molecule has 1 radical (unpaired) electrons. The summed E-state index contributed by atoms with van der Waals surface area (Å²) in [4.78, 5) is 5.22. The van der Waals surface area contributed by atoms with Gasteiger partial charge in [0, 0.05) is 32.7 Å². The van der Waals surface area contributed by atoms with Crippen LogP contribution in [0.1, 0.15) is 32.1 Å². The topological polar surface area (TPSA) is 29.8 Å². The molecule has 0 amide bonds. The van der Waals surface area contributed by atoms with Gasteiger partial charge in [-0.25, -0.2) is 5.32 Å². The molecule has 0 aromatic rings. The van der Waals surface area contributed by atoms with E-state index in [1.165, 1.54) is 45.2 Å². The highest BCUT2D eigenvalue weighted by Gasteiger charge is 2.45. The summed E-state index contributed by atoms with van der Waals surface area (Å²) in [6.45, 7) is 7.39. The van der Waals surface area contributed by atoms with E-state index in [-0.39, 0.29) is 5.79 Å². The molecule has 17 heavy (non-hydrogen) atoms. The molecule has 3 fully saturated rings. The van der Waals surface area contributed by atoms with Crippen molar-refractivity contribution in [2.75, 3.05) is 45.9 Å². The van der Waals surface area contributed by atoms with Crippen LogP contribution in [-0.4, -0.2) is 61.5 Å². The van der Waals surface area contributed by atoms with Crippen LogP contribution >= 0.6 is 0 Å². The van der Waals surface area contributed by atoms with Gasteiger partial charge in [0.05, 0.1) is 13.2 Å². The highest BCUT2D eigenvalue weighted by Crippen LogP contribution is 2.32. The van der Waals surface area contributed by atoms with Crippen LogP contribution in [0.25, 0.3) is 0 Å². The Labute approximate surface area is 104 Å². The highest BCUT2D eigenvalue weighted by molar-refractivity contribution is 4.93. The molecule has 0 spiro atoms. The van der Waals surface area contributed by atoms with Crippen molar-refractivity contribution in [2.45, 2.75) is 37.9 Å². The molecule has 1 atom stereocenters. The second-order valence-corrected chi connectivity index (χ2v) is 5.41. The summed E-state index contributed by atoms with van der Waals surface area (Å²) in [5, 5.41) is 5.06. The van der Waals surface area contributed by atoms with Crippen molar-refractivity contribution >= 4 is 0 Å². The van der Waals surface area contributed by atoms with Gasteiger partial charge in [0.25, 0.3) is 0 Å². The molecule has 4 heteroatoms. The van der Waals surface area contributed by atoms with Crippen LogP contribution in [0.2, 0.25) is 0 Å². The number of morpholine rings is 1. The van der Waals surface area contributed by atoms with Gasteiger partial charge in [-0.1, -0.05) is 0 Å². The third-order valence-electron chi connectivity index (χ3n) is 4.42. The van der Waals surface area contributed by atoms with Gasteiger partial charge in [0.2, 0.25) is 0 Å². The summed E-state index contributed by atoms with van der Waals surface area (Å²) in [7, 11) is 0. The minimum atomic E-state index is 0.0402. The van der Waals surface area contributed by atoms with E-state index in [0.29, 0.717) is 0 Å². The molecule has 4 nitrogen and oxygen atoms in total. The van der Waals surface area contributed by atoms with E-state index in [1.807, 2.05) is 0 Å². The highest BCUT2D eigenvalue weighted by atomic mass is 16.5. The fourth-order valence-corrected chi connectivity index (χ4v) is 3.52. The first-order valence-electron chi connectivity index (χ1n) is 7.18. The minimum Gasteiger partial charge on any atom is -0.379 e. The lowest BCUT2D eigenvalue weighted by Crippen LogP contribution is -2.68. The van der Waals surface area contributed by atoms with E-state index in [0.717, 1.165) is 32.8 Å². The van der Waals surface area contributed by atoms with Crippen LogP contribution in [0.15, 0.2) is 0 Å². The van der Waals surface area contributed by atoms with E-state index in [1.54, 1.807) is 0 Å². The van der Waals surface area contributed by atoms with Gasteiger partial charge < -0.3 is 4.74 Å². The van der Waals surface area contributed by atoms with Crippen molar-refractivity contribution in [3.05, 3.63) is 0 Å². The van der Waals surface area contributed by atoms with E-state index >= 15 is 0 Å². The van der Waals surface area contributed by atoms with Crippen molar-refractivity contribution in [3.63, 3.8) is 0 Å². The number of piperidine rings is 1. The average Bonchev–Trinajstić information content (AvgIpc) is 2.95. The number of hydrogen-bond acceptors (Lipinski definition) is 3. The fraction of sp³-hybridized carbons (Fsp3) is 1.00. The summed E-state index contributed by atoms with van der Waals surface area (Å²) >= 11 is 0. The Bertz CT molecular complexity index is 241. The maximum absolute atomic E-state index is 5.50. The zero-order valence-electron chi connectivity index (χ0n) is 10.7. The molecule has 0 aromatic carbocycles. The molecule has 3 rings (SSSR count). The molecule has 0 saturated carbocycles. The number of rotatable bonds is 2. The Hall–Kier alpha value is -0.160. The Morgan fingerprint density at radius 2 is 1.53 bits per heavy atom.